The van der Waals surface area contributed by atoms with Crippen molar-refractivity contribution < 1.29 is 28.9 Å². The van der Waals surface area contributed by atoms with E-state index >= 15 is 0 Å². The largest absolute Gasteiger partial charge is 0.508 e. The maximum Gasteiger partial charge on any atom is 0.412 e. The number of hydrogen-bond acceptors (Lipinski definition) is 8. The van der Waals surface area contributed by atoms with Crippen LogP contribution in [0.3, 0.4) is 0 Å². The molecule has 9 heteroatoms. The molecular formula is C26H24N2O6S. The molecule has 0 saturated carbocycles. The Kier molecular flexibility index (Phi) is 9.39. The smallest absolute Gasteiger partial charge is 0.412 e. The maximum absolute atomic E-state index is 12.8. The number of nitrogens with zero attached hydrogens (tertiary/aromatic N) is 1. The van der Waals surface area contributed by atoms with Gasteiger partial charge < -0.3 is 19.3 Å². The number of para-hydroxylation sites is 1. The van der Waals surface area contributed by atoms with Gasteiger partial charge in [-0.25, -0.2) is 4.79 Å². The molecule has 0 aromatic heterocycles. The van der Waals surface area contributed by atoms with Gasteiger partial charge in [-0.3, -0.25) is 10.1 Å². The molecular weight excluding hydrogens is 468 g/mol. The van der Waals surface area contributed by atoms with Crippen molar-refractivity contribution in [1.29, 1.82) is 5.26 Å². The van der Waals surface area contributed by atoms with Gasteiger partial charge >= 0.3 is 12.1 Å². The highest BCUT2D eigenvalue weighted by molar-refractivity contribution is 7.81. The summed E-state index contributed by atoms with van der Waals surface area (Å²) in [6.07, 6.45) is -2.18. The number of hydrogen-bond donors (Lipinski definition) is 3. The lowest BCUT2D eigenvalue weighted by atomic mass is 10.0. The number of nitriles is 1. The second kappa shape index (κ2) is 12.9. The van der Waals surface area contributed by atoms with E-state index in [0.29, 0.717) is 22.6 Å². The first-order valence-electron chi connectivity index (χ1n) is 10.7. The van der Waals surface area contributed by atoms with Gasteiger partial charge in [-0.1, -0.05) is 30.3 Å². The topological polar surface area (TPSA) is 118 Å². The Morgan fingerprint density at radius 1 is 1.00 bits per heavy atom. The summed E-state index contributed by atoms with van der Waals surface area (Å²) in [4.78, 5) is 24.4. The minimum absolute atomic E-state index is 0.0199. The normalized spacial score (nSPS) is 12.0. The Balaban J connectivity index is 1.84. The van der Waals surface area contributed by atoms with Crippen LogP contribution < -0.4 is 10.1 Å². The minimum atomic E-state index is -0.913. The molecule has 0 aliphatic carbocycles. The van der Waals surface area contributed by atoms with Crippen LogP contribution in [-0.2, 0) is 14.3 Å². The van der Waals surface area contributed by atoms with Crippen LogP contribution in [0.15, 0.2) is 78.9 Å². The van der Waals surface area contributed by atoms with Crippen molar-refractivity contribution in [1.82, 2.24) is 0 Å². The first-order chi connectivity index (χ1) is 17.0. The zero-order chi connectivity index (χ0) is 25.0. The molecule has 0 unspecified atom stereocenters. The van der Waals surface area contributed by atoms with Crippen molar-refractivity contribution in [3.05, 3.63) is 90.0 Å². The summed E-state index contributed by atoms with van der Waals surface area (Å²) >= 11 is 3.91. The second-order valence-electron chi connectivity index (χ2n) is 7.37. The molecule has 0 bridgehead atoms. The molecule has 0 aliphatic rings. The number of phenols is 1. The van der Waals surface area contributed by atoms with Crippen LogP contribution in [0.25, 0.3) is 0 Å². The number of esters is 1. The van der Waals surface area contributed by atoms with Crippen LogP contribution in [0.1, 0.15) is 23.7 Å². The minimum Gasteiger partial charge on any atom is -0.508 e. The molecule has 0 aliphatic heterocycles. The molecule has 180 valence electrons. The number of aromatic hydroxyl groups is 1. The monoisotopic (exact) mass is 492 g/mol. The van der Waals surface area contributed by atoms with Crippen LogP contribution >= 0.6 is 12.6 Å². The van der Waals surface area contributed by atoms with Gasteiger partial charge in [0.15, 0.2) is 6.10 Å². The van der Waals surface area contributed by atoms with E-state index in [1.54, 1.807) is 60.7 Å². The fraction of sp³-hybridized carbons (Fsp3) is 0.192. The number of rotatable bonds is 10. The van der Waals surface area contributed by atoms with E-state index in [4.69, 9.17) is 19.5 Å². The molecule has 3 rings (SSSR count). The van der Waals surface area contributed by atoms with Crippen molar-refractivity contribution in [3.8, 4) is 17.6 Å². The molecule has 3 aromatic carbocycles. The standard InChI is InChI=1S/C26H24N2O6S/c27-16-18-6-10-20(11-7-18)28-26(31)34-25(19-8-12-21(29)13-9-19)23(14-15-32-24(30)17-35)33-22-4-2-1-3-5-22/h1-13,23,25,29,35H,14-15,17H2,(H,28,31)/t23-,25-/m0/s1. The number of ether oxygens (including phenoxy) is 3. The average molecular weight is 493 g/mol. The highest BCUT2D eigenvalue weighted by Crippen LogP contribution is 2.29. The Labute approximate surface area is 208 Å². The van der Waals surface area contributed by atoms with E-state index in [9.17, 15) is 14.7 Å². The maximum atomic E-state index is 12.8. The SMILES string of the molecule is N#Cc1ccc(NC(=O)O[C@@H](c2ccc(O)cc2)[C@H](CCOC(=O)CS)Oc2ccccc2)cc1. The number of carbonyl (C=O) groups is 2. The summed E-state index contributed by atoms with van der Waals surface area (Å²) in [6, 6.07) is 23.5. The number of thiol groups is 1. The first-order valence-corrected chi connectivity index (χ1v) is 11.4. The fourth-order valence-corrected chi connectivity index (χ4v) is 3.29. The summed E-state index contributed by atoms with van der Waals surface area (Å²) in [5, 5.41) is 21.3. The van der Waals surface area contributed by atoms with E-state index < -0.39 is 24.3 Å². The lowest BCUT2D eigenvalue weighted by Crippen LogP contribution is -2.32. The number of nitrogens with one attached hydrogen (secondary N) is 1. The number of amides is 1. The fourth-order valence-electron chi connectivity index (χ4n) is 3.19. The number of carbonyl (C=O) groups excluding carboxylic acids is 2. The van der Waals surface area contributed by atoms with Gasteiger partial charge in [0, 0.05) is 12.1 Å². The first kappa shape index (κ1) is 25.5. The van der Waals surface area contributed by atoms with Crippen LogP contribution in [-0.4, -0.2) is 35.6 Å². The highest BCUT2D eigenvalue weighted by atomic mass is 32.1. The van der Waals surface area contributed by atoms with Crippen molar-refractivity contribution in [2.45, 2.75) is 18.6 Å². The summed E-state index contributed by atoms with van der Waals surface area (Å²) in [5.41, 5.74) is 1.47. The summed E-state index contributed by atoms with van der Waals surface area (Å²) in [5.74, 6) is 0.0536. The van der Waals surface area contributed by atoms with E-state index in [1.165, 1.54) is 12.1 Å². The van der Waals surface area contributed by atoms with Gasteiger partial charge in [-0.05, 0) is 54.1 Å². The second-order valence-corrected chi connectivity index (χ2v) is 7.68. The Bertz CT molecular complexity index is 1150. The average Bonchev–Trinajstić information content (AvgIpc) is 2.88. The Morgan fingerprint density at radius 3 is 2.31 bits per heavy atom. The number of anilines is 1. The predicted molar refractivity (Wildman–Crippen MR) is 132 cm³/mol. The van der Waals surface area contributed by atoms with Gasteiger partial charge in [0.1, 0.15) is 17.6 Å². The Morgan fingerprint density at radius 2 is 1.69 bits per heavy atom. The van der Waals surface area contributed by atoms with Crippen LogP contribution in [0.2, 0.25) is 0 Å². The molecule has 2 N–H and O–H groups in total. The molecule has 3 aromatic rings. The molecule has 0 heterocycles. The molecule has 1 amide bonds. The number of phenolic OH excluding ortho intramolecular Hbond substituents is 1. The molecule has 0 radical (unpaired) electrons. The quantitative estimate of drug-likeness (QED) is 0.273. The van der Waals surface area contributed by atoms with Gasteiger partial charge in [-0.2, -0.15) is 17.9 Å². The van der Waals surface area contributed by atoms with Gasteiger partial charge in [-0.15, -0.1) is 0 Å². The van der Waals surface area contributed by atoms with E-state index in [2.05, 4.69) is 17.9 Å². The third kappa shape index (κ3) is 7.98. The molecule has 2 atom stereocenters. The molecule has 35 heavy (non-hydrogen) atoms. The van der Waals surface area contributed by atoms with Crippen LogP contribution in [0.4, 0.5) is 10.5 Å². The molecule has 0 fully saturated rings. The van der Waals surface area contributed by atoms with Crippen molar-refractivity contribution in [2.24, 2.45) is 0 Å². The van der Waals surface area contributed by atoms with E-state index in [-0.39, 0.29) is 24.5 Å². The van der Waals surface area contributed by atoms with Crippen LogP contribution in [0, 0.1) is 11.3 Å². The summed E-state index contributed by atoms with van der Waals surface area (Å²) < 4.78 is 17.1. The van der Waals surface area contributed by atoms with E-state index in [0.717, 1.165) is 0 Å². The molecule has 0 spiro atoms. The van der Waals surface area contributed by atoms with Crippen molar-refractivity contribution in [2.75, 3.05) is 17.7 Å². The lowest BCUT2D eigenvalue weighted by molar-refractivity contribution is -0.141. The highest BCUT2D eigenvalue weighted by Gasteiger charge is 2.30. The van der Waals surface area contributed by atoms with E-state index in [1.807, 2.05) is 12.1 Å². The van der Waals surface area contributed by atoms with Crippen LogP contribution in [0.5, 0.6) is 11.5 Å². The Hall–Kier alpha value is -4.16. The van der Waals surface area contributed by atoms with Crippen molar-refractivity contribution in [3.63, 3.8) is 0 Å². The van der Waals surface area contributed by atoms with Gasteiger partial charge in [0.2, 0.25) is 0 Å². The third-order valence-electron chi connectivity index (χ3n) is 4.88. The van der Waals surface area contributed by atoms with Gasteiger partial charge in [0.05, 0.1) is 24.0 Å². The predicted octanol–water partition coefficient (Wildman–Crippen LogP) is 4.86. The zero-order valence-electron chi connectivity index (χ0n) is 18.7. The third-order valence-corrected chi connectivity index (χ3v) is 5.14. The number of benzene rings is 3. The lowest BCUT2D eigenvalue weighted by Gasteiger charge is -2.28. The van der Waals surface area contributed by atoms with Gasteiger partial charge in [0.25, 0.3) is 0 Å². The summed E-state index contributed by atoms with van der Waals surface area (Å²) in [7, 11) is 0. The zero-order valence-corrected chi connectivity index (χ0v) is 19.6. The van der Waals surface area contributed by atoms with Crippen molar-refractivity contribution >= 4 is 30.4 Å². The molecule has 8 nitrogen and oxygen atoms in total. The summed E-state index contributed by atoms with van der Waals surface area (Å²) in [6.45, 7) is 0.0199. The molecule has 0 saturated heterocycles.